The molecule has 3 nitrogen and oxygen atoms in total. The summed E-state index contributed by atoms with van der Waals surface area (Å²) in [7, 11) is 0. The smallest absolute Gasteiger partial charge is 0.227 e. The molecule has 2 aliphatic heterocycles. The highest BCUT2D eigenvalue weighted by Crippen LogP contribution is 2.32. The van der Waals surface area contributed by atoms with Gasteiger partial charge >= 0.3 is 0 Å². The standard InChI is InChI=1S/C7H12N2O/c10-6-7(2-4-9-6)1-3-8-5-7/h8H,1-5H2,(H,9,10). The Kier molecular flexibility index (Phi) is 1.20. The van der Waals surface area contributed by atoms with E-state index < -0.39 is 0 Å². The number of rotatable bonds is 0. The fourth-order valence-corrected chi connectivity index (χ4v) is 1.87. The number of amides is 1. The lowest BCUT2D eigenvalue weighted by atomic mass is 9.86. The minimum absolute atomic E-state index is 0.0139. The Balaban J connectivity index is 2.19. The third-order valence-corrected chi connectivity index (χ3v) is 2.61. The molecular formula is C7H12N2O. The maximum Gasteiger partial charge on any atom is 0.227 e. The summed E-state index contributed by atoms with van der Waals surface area (Å²) in [5.41, 5.74) is -0.0139. The van der Waals surface area contributed by atoms with Crippen LogP contribution < -0.4 is 10.6 Å². The first-order valence-corrected chi connectivity index (χ1v) is 3.83. The van der Waals surface area contributed by atoms with Crippen LogP contribution in [0.5, 0.6) is 0 Å². The lowest BCUT2D eigenvalue weighted by Gasteiger charge is -2.16. The molecule has 2 heterocycles. The zero-order valence-electron chi connectivity index (χ0n) is 5.94. The number of carbonyl (C=O) groups is 1. The minimum atomic E-state index is -0.0139. The summed E-state index contributed by atoms with van der Waals surface area (Å²) >= 11 is 0. The van der Waals surface area contributed by atoms with Crippen molar-refractivity contribution in [1.82, 2.24) is 10.6 Å². The molecule has 1 amide bonds. The second-order valence-corrected chi connectivity index (χ2v) is 3.21. The topological polar surface area (TPSA) is 41.1 Å². The van der Waals surface area contributed by atoms with Gasteiger partial charge in [-0.15, -0.1) is 0 Å². The van der Waals surface area contributed by atoms with Crippen LogP contribution in [0.1, 0.15) is 12.8 Å². The normalized spacial score (nSPS) is 39.0. The van der Waals surface area contributed by atoms with Crippen LogP contribution in [-0.2, 0) is 4.79 Å². The largest absolute Gasteiger partial charge is 0.356 e. The van der Waals surface area contributed by atoms with Gasteiger partial charge in [0.25, 0.3) is 0 Å². The van der Waals surface area contributed by atoms with Crippen LogP contribution >= 0.6 is 0 Å². The number of hydrogen-bond acceptors (Lipinski definition) is 2. The van der Waals surface area contributed by atoms with Gasteiger partial charge in [0.15, 0.2) is 0 Å². The summed E-state index contributed by atoms with van der Waals surface area (Å²) in [4.78, 5) is 11.2. The average molecular weight is 140 g/mol. The van der Waals surface area contributed by atoms with Crippen LogP contribution in [0.25, 0.3) is 0 Å². The molecule has 2 N–H and O–H groups in total. The molecule has 0 aliphatic carbocycles. The Bertz CT molecular complexity index is 155. The molecule has 0 aromatic carbocycles. The summed E-state index contributed by atoms with van der Waals surface area (Å²) in [6.07, 6.45) is 2.05. The molecule has 1 spiro atoms. The average Bonchev–Trinajstić information content (AvgIpc) is 2.48. The first-order chi connectivity index (χ1) is 4.83. The van der Waals surface area contributed by atoms with E-state index in [1.807, 2.05) is 0 Å². The Morgan fingerprint density at radius 2 is 2.10 bits per heavy atom. The van der Waals surface area contributed by atoms with Crippen LogP contribution in [0, 0.1) is 5.41 Å². The van der Waals surface area contributed by atoms with Crippen molar-refractivity contribution in [2.75, 3.05) is 19.6 Å². The molecule has 2 aliphatic rings. The predicted octanol–water partition coefficient (Wildman–Crippen LogP) is -0.514. The van der Waals surface area contributed by atoms with E-state index in [4.69, 9.17) is 0 Å². The minimum Gasteiger partial charge on any atom is -0.356 e. The van der Waals surface area contributed by atoms with Gasteiger partial charge in [0.05, 0.1) is 5.41 Å². The third kappa shape index (κ3) is 0.669. The maximum absolute atomic E-state index is 11.2. The molecule has 3 heteroatoms. The first-order valence-electron chi connectivity index (χ1n) is 3.83. The van der Waals surface area contributed by atoms with E-state index in [-0.39, 0.29) is 11.3 Å². The van der Waals surface area contributed by atoms with E-state index in [1.165, 1.54) is 0 Å². The highest BCUT2D eigenvalue weighted by atomic mass is 16.2. The predicted molar refractivity (Wildman–Crippen MR) is 37.5 cm³/mol. The zero-order valence-corrected chi connectivity index (χ0v) is 5.94. The SMILES string of the molecule is O=C1NCCC12CCNC2. The molecular weight excluding hydrogens is 128 g/mol. The molecule has 2 rings (SSSR count). The molecule has 2 fully saturated rings. The number of nitrogens with one attached hydrogen (secondary N) is 2. The summed E-state index contributed by atoms with van der Waals surface area (Å²) in [6.45, 7) is 2.77. The summed E-state index contributed by atoms with van der Waals surface area (Å²) < 4.78 is 0. The Morgan fingerprint density at radius 3 is 2.60 bits per heavy atom. The van der Waals surface area contributed by atoms with Crippen molar-refractivity contribution < 1.29 is 4.79 Å². The maximum atomic E-state index is 11.2. The first kappa shape index (κ1) is 6.16. The van der Waals surface area contributed by atoms with E-state index >= 15 is 0 Å². The van der Waals surface area contributed by atoms with Gasteiger partial charge in [-0.05, 0) is 19.4 Å². The van der Waals surface area contributed by atoms with Crippen LogP contribution in [0.4, 0.5) is 0 Å². The van der Waals surface area contributed by atoms with Crippen molar-refractivity contribution in [3.63, 3.8) is 0 Å². The van der Waals surface area contributed by atoms with Crippen molar-refractivity contribution in [1.29, 1.82) is 0 Å². The second kappa shape index (κ2) is 1.95. The van der Waals surface area contributed by atoms with E-state index in [1.54, 1.807) is 0 Å². The molecule has 56 valence electrons. The lowest BCUT2D eigenvalue weighted by Crippen LogP contribution is -2.32. The zero-order chi connectivity index (χ0) is 7.03. The quantitative estimate of drug-likeness (QED) is 0.475. The van der Waals surface area contributed by atoms with Gasteiger partial charge in [-0.3, -0.25) is 4.79 Å². The van der Waals surface area contributed by atoms with Gasteiger partial charge in [0, 0.05) is 13.1 Å². The fraction of sp³-hybridized carbons (Fsp3) is 0.857. The van der Waals surface area contributed by atoms with Crippen LogP contribution in [0.15, 0.2) is 0 Å². The van der Waals surface area contributed by atoms with Crippen molar-refractivity contribution in [2.45, 2.75) is 12.8 Å². The molecule has 10 heavy (non-hydrogen) atoms. The van der Waals surface area contributed by atoms with Crippen molar-refractivity contribution in [2.24, 2.45) is 5.41 Å². The molecule has 1 atom stereocenters. The summed E-state index contributed by atoms with van der Waals surface area (Å²) in [5.74, 6) is 0.262. The van der Waals surface area contributed by atoms with E-state index in [0.717, 1.165) is 32.5 Å². The number of carbonyl (C=O) groups excluding carboxylic acids is 1. The highest BCUT2D eigenvalue weighted by Gasteiger charge is 2.44. The van der Waals surface area contributed by atoms with Crippen LogP contribution in [0.2, 0.25) is 0 Å². The summed E-state index contributed by atoms with van der Waals surface area (Å²) in [5, 5.41) is 6.10. The molecule has 1 unspecified atom stereocenters. The summed E-state index contributed by atoms with van der Waals surface area (Å²) in [6, 6.07) is 0. The third-order valence-electron chi connectivity index (χ3n) is 2.61. The molecule has 0 bridgehead atoms. The van der Waals surface area contributed by atoms with Gasteiger partial charge in [-0.2, -0.15) is 0 Å². The monoisotopic (exact) mass is 140 g/mol. The highest BCUT2D eigenvalue weighted by molar-refractivity contribution is 5.85. The van der Waals surface area contributed by atoms with Gasteiger partial charge in [-0.25, -0.2) is 0 Å². The lowest BCUT2D eigenvalue weighted by molar-refractivity contribution is -0.126. The molecule has 2 saturated heterocycles. The van der Waals surface area contributed by atoms with Gasteiger partial charge in [0.1, 0.15) is 0 Å². The van der Waals surface area contributed by atoms with Gasteiger partial charge in [-0.1, -0.05) is 0 Å². The van der Waals surface area contributed by atoms with Gasteiger partial charge < -0.3 is 10.6 Å². The van der Waals surface area contributed by atoms with Crippen molar-refractivity contribution >= 4 is 5.91 Å². The van der Waals surface area contributed by atoms with E-state index in [2.05, 4.69) is 10.6 Å². The van der Waals surface area contributed by atoms with E-state index in [0.29, 0.717) is 0 Å². The Morgan fingerprint density at radius 1 is 1.30 bits per heavy atom. The Labute approximate surface area is 60.2 Å². The van der Waals surface area contributed by atoms with Crippen molar-refractivity contribution in [3.8, 4) is 0 Å². The van der Waals surface area contributed by atoms with Gasteiger partial charge in [0.2, 0.25) is 5.91 Å². The number of hydrogen-bond donors (Lipinski definition) is 2. The molecule has 0 radical (unpaired) electrons. The van der Waals surface area contributed by atoms with E-state index in [9.17, 15) is 4.79 Å². The molecule has 0 aromatic rings. The van der Waals surface area contributed by atoms with Crippen molar-refractivity contribution in [3.05, 3.63) is 0 Å². The second-order valence-electron chi connectivity index (χ2n) is 3.21. The fourth-order valence-electron chi connectivity index (χ4n) is 1.87. The molecule has 0 saturated carbocycles. The van der Waals surface area contributed by atoms with Crippen LogP contribution in [-0.4, -0.2) is 25.5 Å². The van der Waals surface area contributed by atoms with Crippen LogP contribution in [0.3, 0.4) is 0 Å². The molecule has 0 aromatic heterocycles. The Hall–Kier alpha value is -0.570.